The number of sulfonamides is 1. The summed E-state index contributed by atoms with van der Waals surface area (Å²) < 4.78 is 65.0. The highest BCUT2D eigenvalue weighted by Crippen LogP contribution is 2.51. The second-order valence-electron chi connectivity index (χ2n) is 23.0. The third-order valence-electron chi connectivity index (χ3n) is 17.2. The van der Waals surface area contributed by atoms with Crippen LogP contribution in [0.5, 0.6) is 0 Å². The van der Waals surface area contributed by atoms with Crippen molar-refractivity contribution in [2.75, 3.05) is 9.80 Å². The summed E-state index contributed by atoms with van der Waals surface area (Å²) in [7, 11) is -3.43. The molecule has 13 nitrogen and oxygen atoms in total. The summed E-state index contributed by atoms with van der Waals surface area (Å²) >= 11 is 0. The highest BCUT2D eigenvalue weighted by atomic mass is 32.2. The van der Waals surface area contributed by atoms with E-state index in [2.05, 4.69) is 86.6 Å². The van der Waals surface area contributed by atoms with E-state index in [1.165, 1.54) is 17.7 Å². The normalized spacial score (nSPS) is 20.7. The molecule has 12 rings (SSSR count). The van der Waals surface area contributed by atoms with Gasteiger partial charge in [0.1, 0.15) is 28.5 Å². The maximum Gasteiger partial charge on any atom is 0.241 e. The molecule has 2 amide bonds. The zero-order chi connectivity index (χ0) is 56.6. The van der Waals surface area contributed by atoms with Crippen molar-refractivity contribution in [1.82, 2.24) is 28.5 Å². The Morgan fingerprint density at radius 3 is 2.00 bits per heavy atom. The van der Waals surface area contributed by atoms with E-state index in [0.29, 0.717) is 24.4 Å². The lowest BCUT2D eigenvalue weighted by Gasteiger charge is -2.30. The van der Waals surface area contributed by atoms with Crippen LogP contribution >= 0.6 is 0 Å². The van der Waals surface area contributed by atoms with Crippen LogP contribution in [0.3, 0.4) is 0 Å². The molecule has 2 heterocycles. The van der Waals surface area contributed by atoms with E-state index in [4.69, 9.17) is 4.98 Å². The topological polar surface area (TPSA) is 152 Å². The van der Waals surface area contributed by atoms with Gasteiger partial charge in [0, 0.05) is 61.3 Å². The van der Waals surface area contributed by atoms with Crippen LogP contribution < -0.4 is 19.2 Å². The number of carbonyl (C=O) groups is 2. The maximum absolute atomic E-state index is 15.0. The molecule has 8 atom stereocenters. The zero-order valence-corrected chi connectivity index (χ0v) is 48.2. The number of halogens is 1. The molecule has 5 unspecified atom stereocenters. The third-order valence-corrected chi connectivity index (χ3v) is 19.9. The molecule has 4 aliphatic rings. The average Bonchev–Trinajstić information content (AvgIpc) is 4.56. The fourth-order valence-corrected chi connectivity index (χ4v) is 14.9. The Hall–Kier alpha value is -7.37. The van der Waals surface area contributed by atoms with Gasteiger partial charge in [-0.1, -0.05) is 91.9 Å². The Morgan fingerprint density at radius 2 is 1.34 bits per heavy atom. The van der Waals surface area contributed by atoms with Gasteiger partial charge in [0.15, 0.2) is 0 Å². The molecule has 0 saturated heterocycles. The number of imidazole rings is 2. The molecule has 4 aliphatic carbocycles. The summed E-state index contributed by atoms with van der Waals surface area (Å²) in [6.45, 7) is 5.54. The van der Waals surface area contributed by atoms with Crippen molar-refractivity contribution in [3.63, 3.8) is 0 Å². The summed E-state index contributed by atoms with van der Waals surface area (Å²) in [5, 5.41) is 0. The molecule has 8 aromatic rings. The minimum atomic E-state index is -3.78. The minimum Gasteiger partial charge on any atom is -0.337 e. The number of fused-ring (bicyclic) bond motifs is 2. The summed E-state index contributed by atoms with van der Waals surface area (Å²) in [4.78, 5) is 43.8. The van der Waals surface area contributed by atoms with Crippen molar-refractivity contribution < 1.29 is 26.6 Å². The monoisotopic (exact) mass is 1140 g/mol. The zero-order valence-electron chi connectivity index (χ0n) is 46.5. The van der Waals surface area contributed by atoms with Crippen LogP contribution in [-0.2, 0) is 76.5 Å². The third kappa shape index (κ3) is 11.9. The van der Waals surface area contributed by atoms with Gasteiger partial charge in [-0.05, 0) is 182 Å². The minimum absolute atomic E-state index is 0.0158. The number of aryl methyl sites for hydroxylation is 4. The number of carbonyl (C=O) groups excluding carboxylic acids is 2. The molecular weight excluding hydrogens is 1070 g/mol. The van der Waals surface area contributed by atoms with Crippen LogP contribution in [0.25, 0.3) is 0 Å². The SMILES string of the molecule is Cc1ncc(CN(C(=O)C2CC2c2ccccc2)c2ccc3c(c2)C(NS(=O)c2ccc(F)cc2)CCC3)n1CC(C)Cc1cccc([C@@H]2C[C@H]2C(=O)N(Cc2nccn2C)c2ccc3c(c2)[C@@H](NS(=O)(=O)c2ccccc2)CCC3)c1. The number of anilines is 2. The molecule has 422 valence electrons. The van der Waals surface area contributed by atoms with E-state index in [0.717, 1.165) is 113 Å². The Balaban J connectivity index is 0.755. The first-order valence-electron chi connectivity index (χ1n) is 28.7. The first kappa shape index (κ1) is 55.2. The van der Waals surface area contributed by atoms with E-state index < -0.39 is 27.1 Å². The van der Waals surface area contributed by atoms with Gasteiger partial charge in [-0.25, -0.2) is 36.4 Å². The van der Waals surface area contributed by atoms with E-state index in [-0.39, 0.29) is 64.7 Å². The molecule has 0 aliphatic heterocycles. The highest BCUT2D eigenvalue weighted by Gasteiger charge is 2.48. The average molecular weight is 1140 g/mol. The lowest BCUT2D eigenvalue weighted by atomic mass is 9.87. The predicted molar refractivity (Wildman–Crippen MR) is 317 cm³/mol. The number of rotatable bonds is 20. The summed E-state index contributed by atoms with van der Waals surface area (Å²) in [6, 6.07) is 44.8. The fourth-order valence-electron chi connectivity index (χ4n) is 12.6. The molecule has 0 radical (unpaired) electrons. The first-order valence-corrected chi connectivity index (χ1v) is 31.4. The van der Waals surface area contributed by atoms with E-state index in [1.807, 2.05) is 71.1 Å². The van der Waals surface area contributed by atoms with Crippen LogP contribution in [0.1, 0.15) is 126 Å². The summed E-state index contributed by atoms with van der Waals surface area (Å²) in [6.07, 6.45) is 12.7. The Labute approximate surface area is 482 Å². The standard InChI is InChI=1S/C66H69FN8O5S2/c1-43(33-45-13-10-18-49(34-45)57-38-61(57)66(77)75(42-64-68-31-32-72(64)3)52-28-24-48-17-12-22-63(59(48)36-52)71-82(79,80)55-19-8-5-9-20-55)40-73-44(2)69-39-53(73)41-74(65(76)60-37-56(60)46-14-6-4-7-15-46)51-27-23-47-16-11-21-62(58(47)35-51)70-81(78)54-29-25-50(67)26-30-54/h4-10,13-15,18-20,23-32,34-36,39,43,56-57,60-63,70-71H,11-12,16-17,21-22,33,37-38,40-42H2,1-3H3/t43?,56?,57-,60?,61+,62?,63-,81?/m0/s1. The quantitative estimate of drug-likeness (QED) is 0.0771. The van der Waals surface area contributed by atoms with Crippen LogP contribution in [0, 0.1) is 30.5 Å². The number of hydrogen-bond acceptors (Lipinski definition) is 7. The van der Waals surface area contributed by atoms with Gasteiger partial charge in [0.25, 0.3) is 0 Å². The van der Waals surface area contributed by atoms with Gasteiger partial charge in [-0.15, -0.1) is 0 Å². The molecule has 6 aromatic carbocycles. The van der Waals surface area contributed by atoms with Crippen LogP contribution in [-0.4, -0.2) is 43.5 Å². The largest absolute Gasteiger partial charge is 0.337 e. The number of hydrogen-bond donors (Lipinski definition) is 2. The molecule has 0 spiro atoms. The number of amides is 2. The van der Waals surface area contributed by atoms with Crippen molar-refractivity contribution in [3.05, 3.63) is 226 Å². The van der Waals surface area contributed by atoms with E-state index in [9.17, 15) is 26.6 Å². The number of nitrogens with one attached hydrogen (secondary N) is 2. The van der Waals surface area contributed by atoms with Gasteiger partial charge >= 0.3 is 0 Å². The van der Waals surface area contributed by atoms with Gasteiger partial charge in [0.2, 0.25) is 21.8 Å². The van der Waals surface area contributed by atoms with Gasteiger partial charge in [-0.2, -0.15) is 0 Å². The highest BCUT2D eigenvalue weighted by molar-refractivity contribution is 7.89. The molecule has 16 heteroatoms. The van der Waals surface area contributed by atoms with Crippen LogP contribution in [0.4, 0.5) is 15.8 Å². The fraction of sp³-hybridized carbons (Fsp3) is 0.333. The van der Waals surface area contributed by atoms with Crippen molar-refractivity contribution >= 4 is 44.2 Å². The number of benzene rings is 6. The maximum atomic E-state index is 15.0. The lowest BCUT2D eigenvalue weighted by molar-refractivity contribution is -0.120. The van der Waals surface area contributed by atoms with Crippen molar-refractivity contribution in [1.29, 1.82) is 0 Å². The molecule has 82 heavy (non-hydrogen) atoms. The molecular formula is C66H69FN8O5S2. The second kappa shape index (κ2) is 23.5. The molecule has 2 fully saturated rings. The second-order valence-corrected chi connectivity index (χ2v) is 26.0. The number of aromatic nitrogens is 4. The van der Waals surface area contributed by atoms with E-state index >= 15 is 0 Å². The predicted octanol–water partition coefficient (Wildman–Crippen LogP) is 11.7. The summed E-state index contributed by atoms with van der Waals surface area (Å²) in [5.74, 6) is 1.28. The van der Waals surface area contributed by atoms with Gasteiger partial charge in [0.05, 0.1) is 34.8 Å². The van der Waals surface area contributed by atoms with Crippen LogP contribution in [0.2, 0.25) is 0 Å². The lowest BCUT2D eigenvalue weighted by Crippen LogP contribution is -2.34. The Bertz CT molecular complexity index is 3780. The van der Waals surface area contributed by atoms with E-state index in [1.54, 1.807) is 48.7 Å². The number of nitrogens with zero attached hydrogens (tertiary/aromatic N) is 6. The van der Waals surface area contributed by atoms with Crippen molar-refractivity contribution in [3.8, 4) is 0 Å². The molecule has 2 saturated carbocycles. The first-order chi connectivity index (χ1) is 39.7. The Kier molecular flexibility index (Phi) is 15.8. The molecule has 2 aromatic heterocycles. The van der Waals surface area contributed by atoms with Crippen LogP contribution in [0.15, 0.2) is 174 Å². The van der Waals surface area contributed by atoms with Gasteiger partial charge < -0.3 is 18.9 Å². The smallest absolute Gasteiger partial charge is 0.241 e. The molecule has 0 bridgehead atoms. The molecule has 2 N–H and O–H groups in total. The van der Waals surface area contributed by atoms with Crippen molar-refractivity contribution in [2.45, 2.75) is 125 Å². The Morgan fingerprint density at radius 1 is 0.732 bits per heavy atom. The van der Waals surface area contributed by atoms with Gasteiger partial charge in [-0.3, -0.25) is 9.59 Å². The summed E-state index contributed by atoms with van der Waals surface area (Å²) in [5.41, 5.74) is 10.1. The van der Waals surface area contributed by atoms with Crippen molar-refractivity contribution in [2.24, 2.45) is 24.8 Å².